The summed E-state index contributed by atoms with van der Waals surface area (Å²) in [5.74, 6) is 0.492. The summed E-state index contributed by atoms with van der Waals surface area (Å²) in [6.07, 6.45) is 2.44. The summed E-state index contributed by atoms with van der Waals surface area (Å²) < 4.78 is 7.19. The van der Waals surface area contributed by atoms with E-state index in [1.807, 2.05) is 6.92 Å². The molecule has 0 aliphatic heterocycles. The maximum Gasteiger partial charge on any atom is 0.284 e. The van der Waals surface area contributed by atoms with Crippen LogP contribution >= 0.6 is 31.9 Å². The van der Waals surface area contributed by atoms with E-state index in [4.69, 9.17) is 4.74 Å². The normalized spacial score (nSPS) is 10.3. The maximum atomic E-state index is 11.7. The van der Waals surface area contributed by atoms with Gasteiger partial charge in [-0.2, -0.15) is 5.10 Å². The third kappa shape index (κ3) is 3.31. The van der Waals surface area contributed by atoms with E-state index in [0.717, 1.165) is 11.8 Å². The average molecular weight is 340 g/mol. The summed E-state index contributed by atoms with van der Waals surface area (Å²) in [6.45, 7) is 3.13. The van der Waals surface area contributed by atoms with Crippen molar-refractivity contribution in [2.24, 2.45) is 0 Å². The van der Waals surface area contributed by atoms with Crippen LogP contribution in [-0.4, -0.2) is 21.7 Å². The van der Waals surface area contributed by atoms with E-state index in [0.29, 0.717) is 23.4 Å². The lowest BCUT2D eigenvalue weighted by molar-refractivity contribution is 0.337. The van der Waals surface area contributed by atoms with Gasteiger partial charge in [-0.15, -0.1) is 0 Å². The van der Waals surface area contributed by atoms with Crippen LogP contribution in [0.4, 0.5) is 0 Å². The fourth-order valence-corrected chi connectivity index (χ4v) is 1.65. The second-order valence-electron chi connectivity index (χ2n) is 2.89. The molecule has 1 aromatic rings. The van der Waals surface area contributed by atoms with Gasteiger partial charge in [-0.1, -0.05) is 22.9 Å². The lowest BCUT2D eigenvalue weighted by Gasteiger charge is -2.08. The van der Waals surface area contributed by atoms with Crippen molar-refractivity contribution in [2.75, 3.05) is 11.9 Å². The number of rotatable bonds is 5. The highest BCUT2D eigenvalue weighted by Gasteiger charge is 2.08. The Morgan fingerprint density at radius 1 is 1.60 bits per heavy atom. The Morgan fingerprint density at radius 2 is 2.33 bits per heavy atom. The first kappa shape index (κ1) is 12.7. The first-order valence-electron chi connectivity index (χ1n) is 4.65. The third-order valence-electron chi connectivity index (χ3n) is 1.72. The Labute approximate surface area is 105 Å². The Kier molecular flexibility index (Phi) is 5.31. The molecule has 0 aliphatic rings. The fourth-order valence-electron chi connectivity index (χ4n) is 1.07. The van der Waals surface area contributed by atoms with Crippen LogP contribution in [0, 0.1) is 0 Å². The molecular weight excluding hydrogens is 328 g/mol. The molecule has 0 spiro atoms. The van der Waals surface area contributed by atoms with Gasteiger partial charge in [-0.3, -0.25) is 4.79 Å². The summed E-state index contributed by atoms with van der Waals surface area (Å²) in [5, 5.41) is 4.74. The second kappa shape index (κ2) is 6.27. The van der Waals surface area contributed by atoms with Crippen LogP contribution in [0.15, 0.2) is 15.5 Å². The molecule has 0 saturated carbocycles. The minimum atomic E-state index is -0.149. The van der Waals surface area contributed by atoms with Crippen molar-refractivity contribution in [2.45, 2.75) is 19.9 Å². The monoisotopic (exact) mass is 338 g/mol. The molecule has 4 nitrogen and oxygen atoms in total. The Balaban J connectivity index is 2.94. The maximum absolute atomic E-state index is 11.7. The third-order valence-corrected chi connectivity index (χ3v) is 2.78. The van der Waals surface area contributed by atoms with Gasteiger partial charge in [-0.25, -0.2) is 4.68 Å². The summed E-state index contributed by atoms with van der Waals surface area (Å²) >= 11 is 6.46. The van der Waals surface area contributed by atoms with Crippen LogP contribution in [0.5, 0.6) is 5.75 Å². The highest BCUT2D eigenvalue weighted by Crippen LogP contribution is 2.18. The molecule has 84 valence electrons. The number of hydrogen-bond donors (Lipinski definition) is 0. The first-order valence-corrected chi connectivity index (χ1v) is 6.56. The van der Waals surface area contributed by atoms with Gasteiger partial charge < -0.3 is 4.74 Å². The van der Waals surface area contributed by atoms with Crippen molar-refractivity contribution in [3.63, 3.8) is 0 Å². The molecule has 0 aromatic carbocycles. The molecule has 6 heteroatoms. The Bertz CT molecular complexity index is 379. The van der Waals surface area contributed by atoms with E-state index in [1.54, 1.807) is 6.20 Å². The zero-order valence-corrected chi connectivity index (χ0v) is 11.5. The van der Waals surface area contributed by atoms with Crippen molar-refractivity contribution in [3.8, 4) is 5.75 Å². The topological polar surface area (TPSA) is 44.1 Å². The SMILES string of the molecule is CCCn1ncc(OCCBr)c(Br)c1=O. The van der Waals surface area contributed by atoms with Gasteiger partial charge in [0.25, 0.3) is 5.56 Å². The van der Waals surface area contributed by atoms with Crippen LogP contribution in [0.2, 0.25) is 0 Å². The molecule has 1 heterocycles. The summed E-state index contributed by atoms with van der Waals surface area (Å²) in [5.41, 5.74) is -0.149. The average Bonchev–Trinajstić information content (AvgIpc) is 2.24. The molecule has 0 atom stereocenters. The number of hydrogen-bond acceptors (Lipinski definition) is 3. The van der Waals surface area contributed by atoms with Gasteiger partial charge in [0, 0.05) is 11.9 Å². The number of aryl methyl sites for hydroxylation is 1. The number of nitrogens with zero attached hydrogens (tertiary/aromatic N) is 2. The predicted octanol–water partition coefficient (Wildman–Crippen LogP) is 2.19. The van der Waals surface area contributed by atoms with Gasteiger partial charge in [-0.05, 0) is 22.4 Å². The molecule has 0 amide bonds. The van der Waals surface area contributed by atoms with Crippen molar-refractivity contribution in [3.05, 3.63) is 21.0 Å². The van der Waals surface area contributed by atoms with Gasteiger partial charge in [0.1, 0.15) is 4.47 Å². The molecule has 0 saturated heterocycles. The predicted molar refractivity (Wildman–Crippen MR) is 65.8 cm³/mol. The van der Waals surface area contributed by atoms with Gasteiger partial charge in [0.15, 0.2) is 5.75 Å². The lowest BCUT2D eigenvalue weighted by atomic mass is 10.4. The van der Waals surface area contributed by atoms with E-state index in [9.17, 15) is 4.79 Å². The number of aromatic nitrogens is 2. The molecule has 0 N–H and O–H groups in total. The zero-order valence-electron chi connectivity index (χ0n) is 8.37. The van der Waals surface area contributed by atoms with Gasteiger partial charge in [0.2, 0.25) is 0 Å². The summed E-state index contributed by atoms with van der Waals surface area (Å²) in [6, 6.07) is 0. The van der Waals surface area contributed by atoms with E-state index in [1.165, 1.54) is 4.68 Å². The minimum Gasteiger partial charge on any atom is -0.490 e. The largest absolute Gasteiger partial charge is 0.490 e. The van der Waals surface area contributed by atoms with Crippen LogP contribution < -0.4 is 10.3 Å². The molecule has 15 heavy (non-hydrogen) atoms. The molecule has 0 fully saturated rings. The van der Waals surface area contributed by atoms with E-state index >= 15 is 0 Å². The highest BCUT2D eigenvalue weighted by molar-refractivity contribution is 9.10. The standard InChI is InChI=1S/C9H12Br2N2O2/c1-2-4-13-9(14)8(11)7(6-12-13)15-5-3-10/h6H,2-5H2,1H3. The fraction of sp³-hybridized carbons (Fsp3) is 0.556. The molecular formula is C9H12Br2N2O2. The van der Waals surface area contributed by atoms with Crippen LogP contribution in [0.1, 0.15) is 13.3 Å². The van der Waals surface area contributed by atoms with Crippen molar-refractivity contribution < 1.29 is 4.74 Å². The number of halogens is 2. The quantitative estimate of drug-likeness (QED) is 0.772. The van der Waals surface area contributed by atoms with Crippen LogP contribution in [-0.2, 0) is 6.54 Å². The zero-order chi connectivity index (χ0) is 11.3. The molecule has 0 bridgehead atoms. The second-order valence-corrected chi connectivity index (χ2v) is 4.47. The molecule has 0 radical (unpaired) electrons. The number of alkyl halides is 1. The van der Waals surface area contributed by atoms with Crippen molar-refractivity contribution >= 4 is 31.9 Å². The Morgan fingerprint density at radius 3 is 2.93 bits per heavy atom. The van der Waals surface area contributed by atoms with Gasteiger partial charge >= 0.3 is 0 Å². The van der Waals surface area contributed by atoms with Crippen molar-refractivity contribution in [1.29, 1.82) is 0 Å². The first-order chi connectivity index (χ1) is 7.20. The summed E-state index contributed by atoms with van der Waals surface area (Å²) in [7, 11) is 0. The number of ether oxygens (including phenoxy) is 1. The van der Waals surface area contributed by atoms with Gasteiger partial charge in [0.05, 0.1) is 12.8 Å². The van der Waals surface area contributed by atoms with E-state index in [2.05, 4.69) is 37.0 Å². The molecule has 0 aliphatic carbocycles. The Hall–Kier alpha value is -0.360. The van der Waals surface area contributed by atoms with Crippen LogP contribution in [0.3, 0.4) is 0 Å². The lowest BCUT2D eigenvalue weighted by Crippen LogP contribution is -2.23. The summed E-state index contributed by atoms with van der Waals surface area (Å²) in [4.78, 5) is 11.7. The smallest absolute Gasteiger partial charge is 0.284 e. The minimum absolute atomic E-state index is 0.149. The molecule has 0 unspecified atom stereocenters. The molecule has 1 rings (SSSR count). The highest BCUT2D eigenvalue weighted by atomic mass is 79.9. The van der Waals surface area contributed by atoms with E-state index < -0.39 is 0 Å². The van der Waals surface area contributed by atoms with Crippen molar-refractivity contribution in [1.82, 2.24) is 9.78 Å². The van der Waals surface area contributed by atoms with E-state index in [-0.39, 0.29) is 5.56 Å². The molecule has 1 aromatic heterocycles. The van der Waals surface area contributed by atoms with Crippen LogP contribution in [0.25, 0.3) is 0 Å².